The molecule has 0 atom stereocenters. The summed E-state index contributed by atoms with van der Waals surface area (Å²) >= 11 is 0. The Morgan fingerprint density at radius 1 is 1.52 bits per heavy atom. The second-order valence-corrected chi connectivity index (χ2v) is 4.88. The lowest BCUT2D eigenvalue weighted by Crippen LogP contribution is -2.40. The van der Waals surface area contributed by atoms with Gasteiger partial charge in [-0.15, -0.1) is 6.58 Å². The third-order valence-corrected chi connectivity index (χ3v) is 3.26. The first-order chi connectivity index (χ1) is 9.90. The quantitative estimate of drug-likeness (QED) is 0.862. The Labute approximate surface area is 120 Å². The Hall–Kier alpha value is -1.89. The van der Waals surface area contributed by atoms with Crippen LogP contribution in [0.4, 0.5) is 13.2 Å². The highest BCUT2D eigenvalue weighted by molar-refractivity contribution is 5.78. The average molecular weight is 299 g/mol. The van der Waals surface area contributed by atoms with Crippen LogP contribution in [-0.2, 0) is 23.9 Å². The molecule has 4 nitrogen and oxygen atoms in total. The number of halogens is 3. The van der Waals surface area contributed by atoms with E-state index >= 15 is 0 Å². The molecule has 2 rings (SSSR count). The average Bonchev–Trinajstić information content (AvgIpc) is 2.43. The van der Waals surface area contributed by atoms with Crippen molar-refractivity contribution in [3.05, 3.63) is 41.7 Å². The number of hydrogen-bond donors (Lipinski definition) is 1. The van der Waals surface area contributed by atoms with Crippen molar-refractivity contribution in [2.45, 2.75) is 19.1 Å². The molecule has 0 fully saturated rings. The van der Waals surface area contributed by atoms with Crippen molar-refractivity contribution < 1.29 is 18.0 Å². The van der Waals surface area contributed by atoms with Crippen LogP contribution in [-0.4, -0.2) is 35.4 Å². The summed E-state index contributed by atoms with van der Waals surface area (Å²) < 4.78 is 38.0. The minimum atomic E-state index is -4.40. The molecule has 0 bridgehead atoms. The largest absolute Gasteiger partial charge is 0.417 e. The molecule has 0 aromatic carbocycles. The molecule has 114 valence electrons. The zero-order chi connectivity index (χ0) is 15.5. The standard InChI is InChI=1S/C14H16F3N3O/c1-2-4-18-13(21)9-20-5-3-12-10(8-20)6-11(7-19-12)14(15,16)17/h2,6-7H,1,3-5,8-9H2,(H,18,21). The van der Waals surface area contributed by atoms with Crippen LogP contribution in [0.5, 0.6) is 0 Å². The van der Waals surface area contributed by atoms with E-state index in [9.17, 15) is 18.0 Å². The van der Waals surface area contributed by atoms with E-state index in [0.717, 1.165) is 12.3 Å². The van der Waals surface area contributed by atoms with E-state index in [1.165, 1.54) is 0 Å². The lowest BCUT2D eigenvalue weighted by molar-refractivity contribution is -0.138. The van der Waals surface area contributed by atoms with E-state index < -0.39 is 11.7 Å². The number of rotatable bonds is 4. The molecule has 21 heavy (non-hydrogen) atoms. The summed E-state index contributed by atoms with van der Waals surface area (Å²) in [6.07, 6.45) is -1.41. The number of amides is 1. The zero-order valence-corrected chi connectivity index (χ0v) is 11.4. The maximum Gasteiger partial charge on any atom is 0.417 e. The summed E-state index contributed by atoms with van der Waals surface area (Å²) in [4.78, 5) is 17.3. The first-order valence-electron chi connectivity index (χ1n) is 6.55. The Morgan fingerprint density at radius 2 is 2.29 bits per heavy atom. The van der Waals surface area contributed by atoms with Gasteiger partial charge in [-0.3, -0.25) is 14.7 Å². The number of alkyl halides is 3. The SMILES string of the molecule is C=CCNC(=O)CN1CCc2ncc(C(F)(F)F)cc2C1. The fraction of sp³-hybridized carbons (Fsp3) is 0.429. The first kappa shape index (κ1) is 15.5. The van der Waals surface area contributed by atoms with Gasteiger partial charge in [0.2, 0.25) is 5.91 Å². The minimum Gasteiger partial charge on any atom is -0.352 e. The topological polar surface area (TPSA) is 45.2 Å². The van der Waals surface area contributed by atoms with Crippen molar-refractivity contribution in [2.75, 3.05) is 19.6 Å². The van der Waals surface area contributed by atoms with Crippen molar-refractivity contribution in [3.63, 3.8) is 0 Å². The number of pyridine rings is 1. The summed E-state index contributed by atoms with van der Waals surface area (Å²) in [6.45, 7) is 4.94. The van der Waals surface area contributed by atoms with E-state index in [-0.39, 0.29) is 12.5 Å². The number of hydrogen-bond acceptors (Lipinski definition) is 3. The summed E-state index contributed by atoms with van der Waals surface area (Å²) in [5.41, 5.74) is 0.456. The molecule has 1 N–H and O–H groups in total. The third kappa shape index (κ3) is 4.04. The number of aromatic nitrogens is 1. The molecule has 1 amide bonds. The third-order valence-electron chi connectivity index (χ3n) is 3.26. The van der Waals surface area contributed by atoms with E-state index in [0.29, 0.717) is 37.3 Å². The van der Waals surface area contributed by atoms with Crippen LogP contribution >= 0.6 is 0 Å². The van der Waals surface area contributed by atoms with Gasteiger partial charge in [0.25, 0.3) is 0 Å². The lowest BCUT2D eigenvalue weighted by Gasteiger charge is -2.27. The Bertz CT molecular complexity index is 543. The molecule has 7 heteroatoms. The fourth-order valence-electron chi connectivity index (χ4n) is 2.22. The highest BCUT2D eigenvalue weighted by Crippen LogP contribution is 2.30. The van der Waals surface area contributed by atoms with Gasteiger partial charge in [-0.2, -0.15) is 13.2 Å². The number of carbonyl (C=O) groups is 1. The van der Waals surface area contributed by atoms with Crippen LogP contribution in [0.3, 0.4) is 0 Å². The molecule has 1 aromatic heterocycles. The maximum atomic E-state index is 12.7. The van der Waals surface area contributed by atoms with Gasteiger partial charge < -0.3 is 5.32 Å². The number of carbonyl (C=O) groups excluding carboxylic acids is 1. The smallest absolute Gasteiger partial charge is 0.352 e. The maximum absolute atomic E-state index is 12.7. The Kier molecular flexibility index (Phi) is 4.62. The molecule has 1 aliphatic rings. The van der Waals surface area contributed by atoms with Gasteiger partial charge in [0.05, 0.1) is 12.1 Å². The molecular formula is C14H16F3N3O. The molecular weight excluding hydrogens is 283 g/mol. The van der Waals surface area contributed by atoms with Crippen LogP contribution in [0.2, 0.25) is 0 Å². The molecule has 0 aliphatic carbocycles. The predicted molar refractivity (Wildman–Crippen MR) is 71.4 cm³/mol. The van der Waals surface area contributed by atoms with Gasteiger partial charge in [0.15, 0.2) is 0 Å². The molecule has 0 spiro atoms. The van der Waals surface area contributed by atoms with Crippen molar-refractivity contribution in [2.24, 2.45) is 0 Å². The summed E-state index contributed by atoms with van der Waals surface area (Å²) in [5.74, 6) is -0.168. The molecule has 2 heterocycles. The minimum absolute atomic E-state index is 0.156. The van der Waals surface area contributed by atoms with Crippen LogP contribution in [0.15, 0.2) is 24.9 Å². The Balaban J connectivity index is 2.05. The number of fused-ring (bicyclic) bond motifs is 1. The van der Waals surface area contributed by atoms with Crippen molar-refractivity contribution in [1.82, 2.24) is 15.2 Å². The van der Waals surface area contributed by atoms with Crippen LogP contribution in [0, 0.1) is 0 Å². The van der Waals surface area contributed by atoms with E-state index in [1.807, 2.05) is 4.90 Å². The zero-order valence-electron chi connectivity index (χ0n) is 11.4. The summed E-state index contributed by atoms with van der Waals surface area (Å²) in [6, 6.07) is 1.12. The molecule has 0 saturated heterocycles. The van der Waals surface area contributed by atoms with Crippen molar-refractivity contribution in [1.29, 1.82) is 0 Å². The highest BCUT2D eigenvalue weighted by atomic mass is 19.4. The normalized spacial score (nSPS) is 15.4. The van der Waals surface area contributed by atoms with Crippen LogP contribution in [0.1, 0.15) is 16.8 Å². The second kappa shape index (κ2) is 6.26. The van der Waals surface area contributed by atoms with Gasteiger partial charge in [0.1, 0.15) is 0 Å². The van der Waals surface area contributed by atoms with E-state index in [1.54, 1.807) is 6.08 Å². The summed E-state index contributed by atoms with van der Waals surface area (Å²) in [7, 11) is 0. The molecule has 1 aliphatic heterocycles. The second-order valence-electron chi connectivity index (χ2n) is 4.88. The van der Waals surface area contributed by atoms with Crippen LogP contribution < -0.4 is 5.32 Å². The number of nitrogens with zero attached hydrogens (tertiary/aromatic N) is 2. The van der Waals surface area contributed by atoms with Gasteiger partial charge in [-0.25, -0.2) is 0 Å². The molecule has 0 unspecified atom stereocenters. The van der Waals surface area contributed by atoms with Gasteiger partial charge in [-0.1, -0.05) is 6.08 Å². The summed E-state index contributed by atoms with van der Waals surface area (Å²) in [5, 5.41) is 2.64. The van der Waals surface area contributed by atoms with Crippen molar-refractivity contribution in [3.8, 4) is 0 Å². The lowest BCUT2D eigenvalue weighted by atomic mass is 10.0. The monoisotopic (exact) mass is 299 g/mol. The van der Waals surface area contributed by atoms with Crippen LogP contribution in [0.25, 0.3) is 0 Å². The van der Waals surface area contributed by atoms with E-state index in [2.05, 4.69) is 16.9 Å². The van der Waals surface area contributed by atoms with Crippen molar-refractivity contribution >= 4 is 5.91 Å². The highest BCUT2D eigenvalue weighted by Gasteiger charge is 2.32. The van der Waals surface area contributed by atoms with Gasteiger partial charge in [-0.05, 0) is 11.6 Å². The molecule has 0 radical (unpaired) electrons. The van der Waals surface area contributed by atoms with Gasteiger partial charge >= 0.3 is 6.18 Å². The molecule has 1 aromatic rings. The fourth-order valence-corrected chi connectivity index (χ4v) is 2.22. The van der Waals surface area contributed by atoms with E-state index in [4.69, 9.17) is 0 Å². The molecule has 0 saturated carbocycles. The number of nitrogens with one attached hydrogen (secondary N) is 1. The first-order valence-corrected chi connectivity index (χ1v) is 6.55. The van der Waals surface area contributed by atoms with Gasteiger partial charge in [0, 0.05) is 37.9 Å². The Morgan fingerprint density at radius 3 is 2.95 bits per heavy atom. The predicted octanol–water partition coefficient (Wildman–Crippen LogP) is 1.76.